The molecule has 0 saturated carbocycles. The van der Waals surface area contributed by atoms with E-state index in [1.165, 1.54) is 12.1 Å². The fraction of sp³-hybridized carbons (Fsp3) is 0.357. The number of benzene rings is 1. The number of unbranched alkanes of at least 4 members (excludes halogenated alkanes) is 1. The quantitative estimate of drug-likeness (QED) is 0.512. The van der Waals surface area contributed by atoms with Gasteiger partial charge in [-0.15, -0.1) is 6.58 Å². The van der Waals surface area contributed by atoms with Gasteiger partial charge in [-0.1, -0.05) is 18.2 Å². The molecule has 0 aliphatic rings. The zero-order chi connectivity index (χ0) is 12.5. The van der Waals surface area contributed by atoms with Crippen molar-refractivity contribution in [3.63, 3.8) is 0 Å². The highest BCUT2D eigenvalue weighted by molar-refractivity contribution is 5.82. The van der Waals surface area contributed by atoms with Crippen LogP contribution in [0.2, 0.25) is 0 Å². The van der Waals surface area contributed by atoms with Crippen LogP contribution < -0.4 is 0 Å². The Kier molecular flexibility index (Phi) is 6.18. The van der Waals surface area contributed by atoms with Crippen molar-refractivity contribution in [1.29, 1.82) is 0 Å². The Morgan fingerprint density at radius 3 is 2.71 bits per heavy atom. The van der Waals surface area contributed by atoms with E-state index in [2.05, 4.69) is 6.58 Å². The monoisotopic (exact) mass is 236 g/mol. The van der Waals surface area contributed by atoms with Gasteiger partial charge in [0.2, 0.25) is 0 Å². The fourth-order valence-electron chi connectivity index (χ4n) is 1.40. The Balaban J connectivity index is 2.20. The summed E-state index contributed by atoms with van der Waals surface area (Å²) >= 11 is 0. The Morgan fingerprint density at radius 2 is 2.06 bits per heavy atom. The van der Waals surface area contributed by atoms with Gasteiger partial charge in [0, 0.05) is 13.0 Å². The Morgan fingerprint density at radius 1 is 1.35 bits per heavy atom. The van der Waals surface area contributed by atoms with Crippen molar-refractivity contribution >= 4 is 5.78 Å². The lowest BCUT2D eigenvalue weighted by molar-refractivity contribution is -0.122. The van der Waals surface area contributed by atoms with E-state index in [1.54, 1.807) is 12.1 Å². The number of carbonyl (C=O) groups excluding carboxylic acids is 1. The molecule has 17 heavy (non-hydrogen) atoms. The molecule has 1 aromatic carbocycles. The predicted octanol–water partition coefficient (Wildman–Crippen LogP) is 2.92. The average Bonchev–Trinajstić information content (AvgIpc) is 2.32. The molecule has 0 saturated heterocycles. The van der Waals surface area contributed by atoms with Gasteiger partial charge in [-0.2, -0.15) is 0 Å². The van der Waals surface area contributed by atoms with Gasteiger partial charge in [0.1, 0.15) is 12.4 Å². The van der Waals surface area contributed by atoms with Gasteiger partial charge in [0.25, 0.3) is 0 Å². The topological polar surface area (TPSA) is 26.3 Å². The number of allylic oxidation sites excluding steroid dienone is 1. The van der Waals surface area contributed by atoms with Crippen molar-refractivity contribution in [2.24, 2.45) is 0 Å². The molecule has 2 nitrogen and oxygen atoms in total. The number of rotatable bonds is 8. The second kappa shape index (κ2) is 7.74. The van der Waals surface area contributed by atoms with Gasteiger partial charge in [-0.3, -0.25) is 4.79 Å². The lowest BCUT2D eigenvalue weighted by Crippen LogP contribution is -2.12. The van der Waals surface area contributed by atoms with E-state index >= 15 is 0 Å². The molecule has 0 bridgehead atoms. The predicted molar refractivity (Wildman–Crippen MR) is 65.4 cm³/mol. The number of hydrogen-bond donors (Lipinski definition) is 0. The van der Waals surface area contributed by atoms with Gasteiger partial charge in [-0.25, -0.2) is 4.39 Å². The van der Waals surface area contributed by atoms with Crippen LogP contribution in [0.3, 0.4) is 0 Å². The molecule has 0 spiro atoms. The van der Waals surface area contributed by atoms with E-state index in [4.69, 9.17) is 4.74 Å². The highest BCUT2D eigenvalue weighted by atomic mass is 19.1. The van der Waals surface area contributed by atoms with E-state index in [9.17, 15) is 9.18 Å². The molecule has 0 unspecified atom stereocenters. The minimum absolute atomic E-state index is 0.00945. The SMILES string of the molecule is C=CCCCOCC(=O)Cc1ccc(F)cc1. The standard InChI is InChI=1S/C14H17FO2/c1-2-3-4-9-17-11-14(16)10-12-5-7-13(15)8-6-12/h2,5-8H,1,3-4,9-11H2. The molecule has 3 heteroatoms. The minimum Gasteiger partial charge on any atom is -0.374 e. The molecule has 0 atom stereocenters. The number of carbonyl (C=O) groups is 1. The molecule has 0 aromatic heterocycles. The summed E-state index contributed by atoms with van der Waals surface area (Å²) in [5.41, 5.74) is 0.811. The van der Waals surface area contributed by atoms with Crippen molar-refractivity contribution in [2.75, 3.05) is 13.2 Å². The lowest BCUT2D eigenvalue weighted by Gasteiger charge is -2.03. The average molecular weight is 236 g/mol. The van der Waals surface area contributed by atoms with Crippen molar-refractivity contribution in [1.82, 2.24) is 0 Å². The van der Waals surface area contributed by atoms with Crippen LogP contribution in [-0.4, -0.2) is 19.0 Å². The van der Waals surface area contributed by atoms with Crippen LogP contribution in [0.1, 0.15) is 18.4 Å². The third kappa shape index (κ3) is 5.97. The normalized spacial score (nSPS) is 10.2. The maximum absolute atomic E-state index is 12.6. The summed E-state index contributed by atoms with van der Waals surface area (Å²) in [5, 5.41) is 0. The van der Waals surface area contributed by atoms with Crippen LogP contribution in [0.5, 0.6) is 0 Å². The smallest absolute Gasteiger partial charge is 0.162 e. The van der Waals surface area contributed by atoms with Crippen molar-refractivity contribution in [2.45, 2.75) is 19.3 Å². The second-order valence-electron chi connectivity index (χ2n) is 3.83. The van der Waals surface area contributed by atoms with Crippen molar-refractivity contribution in [3.8, 4) is 0 Å². The first-order chi connectivity index (χ1) is 8.22. The van der Waals surface area contributed by atoms with Gasteiger partial charge in [0.05, 0.1) is 0 Å². The molecule has 0 aliphatic heterocycles. The summed E-state index contributed by atoms with van der Waals surface area (Å²) in [6.45, 7) is 4.29. The van der Waals surface area contributed by atoms with Gasteiger partial charge in [-0.05, 0) is 30.5 Å². The van der Waals surface area contributed by atoms with Crippen LogP contribution in [0.25, 0.3) is 0 Å². The van der Waals surface area contributed by atoms with Crippen LogP contribution in [0.15, 0.2) is 36.9 Å². The van der Waals surface area contributed by atoms with Gasteiger partial charge < -0.3 is 4.74 Å². The van der Waals surface area contributed by atoms with E-state index in [-0.39, 0.29) is 18.2 Å². The summed E-state index contributed by atoms with van der Waals surface area (Å²) < 4.78 is 17.8. The maximum Gasteiger partial charge on any atom is 0.162 e. The summed E-state index contributed by atoms with van der Waals surface area (Å²) in [7, 11) is 0. The molecule has 1 aromatic rings. The fourth-order valence-corrected chi connectivity index (χ4v) is 1.40. The van der Waals surface area contributed by atoms with E-state index in [1.807, 2.05) is 6.08 Å². The van der Waals surface area contributed by atoms with E-state index in [0.29, 0.717) is 13.0 Å². The van der Waals surface area contributed by atoms with E-state index < -0.39 is 0 Å². The van der Waals surface area contributed by atoms with Crippen LogP contribution >= 0.6 is 0 Å². The number of ether oxygens (including phenoxy) is 1. The van der Waals surface area contributed by atoms with Crippen LogP contribution in [-0.2, 0) is 16.0 Å². The molecular weight excluding hydrogens is 219 g/mol. The van der Waals surface area contributed by atoms with Crippen LogP contribution in [0, 0.1) is 5.82 Å². The maximum atomic E-state index is 12.6. The second-order valence-corrected chi connectivity index (χ2v) is 3.83. The zero-order valence-corrected chi connectivity index (χ0v) is 9.82. The molecule has 92 valence electrons. The van der Waals surface area contributed by atoms with Crippen LogP contribution in [0.4, 0.5) is 4.39 Å². The number of halogens is 1. The molecule has 0 fully saturated rings. The first-order valence-corrected chi connectivity index (χ1v) is 5.67. The third-order valence-electron chi connectivity index (χ3n) is 2.27. The summed E-state index contributed by atoms with van der Waals surface area (Å²) in [6.07, 6.45) is 3.89. The highest BCUT2D eigenvalue weighted by Gasteiger charge is 2.03. The molecule has 0 aliphatic carbocycles. The van der Waals surface area contributed by atoms with Crippen molar-refractivity contribution in [3.05, 3.63) is 48.3 Å². The first-order valence-electron chi connectivity index (χ1n) is 5.67. The number of hydrogen-bond acceptors (Lipinski definition) is 2. The Labute approximate surface area is 101 Å². The van der Waals surface area contributed by atoms with Gasteiger partial charge in [0.15, 0.2) is 5.78 Å². The summed E-state index contributed by atoms with van der Waals surface area (Å²) in [5.74, 6) is -0.280. The summed E-state index contributed by atoms with van der Waals surface area (Å²) in [6, 6.07) is 5.94. The van der Waals surface area contributed by atoms with E-state index in [0.717, 1.165) is 18.4 Å². The molecular formula is C14H17FO2. The highest BCUT2D eigenvalue weighted by Crippen LogP contribution is 2.04. The van der Waals surface area contributed by atoms with Crippen molar-refractivity contribution < 1.29 is 13.9 Å². The zero-order valence-electron chi connectivity index (χ0n) is 9.82. The third-order valence-corrected chi connectivity index (χ3v) is 2.27. The molecule has 1 rings (SSSR count). The molecule has 0 N–H and O–H groups in total. The van der Waals surface area contributed by atoms with Gasteiger partial charge >= 0.3 is 0 Å². The Hall–Kier alpha value is -1.48. The lowest BCUT2D eigenvalue weighted by atomic mass is 10.1. The molecule has 0 heterocycles. The largest absolute Gasteiger partial charge is 0.374 e. The minimum atomic E-state index is -0.290. The number of Topliss-reactive ketones (excluding diaryl/α,β-unsaturated/α-hetero) is 1. The molecule has 0 radical (unpaired) electrons. The Bertz CT molecular complexity index is 357. The number of ketones is 1. The first kappa shape index (κ1) is 13.6. The summed E-state index contributed by atoms with van der Waals surface area (Å²) in [4.78, 5) is 11.5. The molecule has 0 amide bonds.